The first-order chi connectivity index (χ1) is 10.1. The van der Waals surface area contributed by atoms with E-state index in [9.17, 15) is 4.79 Å². The highest BCUT2D eigenvalue weighted by atomic mass is 35.5. The first-order valence-electron chi connectivity index (χ1n) is 6.45. The van der Waals surface area contributed by atoms with Crippen molar-refractivity contribution in [2.45, 2.75) is 12.1 Å². The van der Waals surface area contributed by atoms with E-state index >= 15 is 0 Å². The van der Waals surface area contributed by atoms with Gasteiger partial charge in [-0.3, -0.25) is 4.79 Å². The predicted octanol–water partition coefficient (Wildman–Crippen LogP) is 3.00. The van der Waals surface area contributed by atoms with Gasteiger partial charge in [-0.2, -0.15) is 0 Å². The molecular formula is C15H18Cl2N2O2S. The Hall–Kier alpha value is -1.11. The van der Waals surface area contributed by atoms with Crippen molar-refractivity contribution >= 4 is 41.3 Å². The minimum atomic E-state index is -0.690. The first-order valence-corrected chi connectivity index (χ1v) is 7.71. The molecule has 2 rings (SSSR count). The molecule has 0 radical (unpaired) electrons. The number of hydrogen-bond acceptors (Lipinski definition) is 4. The third kappa shape index (κ3) is 4.97. The number of hydrogen-bond donors (Lipinski definition) is 2. The molecule has 0 bridgehead atoms. The maximum Gasteiger partial charge on any atom is 0.240 e. The molecule has 0 fully saturated rings. The van der Waals surface area contributed by atoms with Crippen LogP contribution in [-0.2, 0) is 9.53 Å². The van der Waals surface area contributed by atoms with Gasteiger partial charge in [0.05, 0.1) is 12.6 Å². The van der Waals surface area contributed by atoms with Crippen molar-refractivity contribution in [2.75, 3.05) is 13.7 Å². The monoisotopic (exact) mass is 360 g/mol. The van der Waals surface area contributed by atoms with Gasteiger partial charge in [0.25, 0.3) is 0 Å². The zero-order valence-electron chi connectivity index (χ0n) is 12.0. The quantitative estimate of drug-likeness (QED) is 0.831. The second-order valence-corrected chi connectivity index (χ2v) is 5.99. The average molecular weight is 361 g/mol. The van der Waals surface area contributed by atoms with E-state index in [2.05, 4.69) is 5.32 Å². The van der Waals surface area contributed by atoms with Crippen molar-refractivity contribution in [1.82, 2.24) is 5.32 Å². The molecule has 1 heterocycles. The van der Waals surface area contributed by atoms with Gasteiger partial charge in [-0.1, -0.05) is 29.8 Å². The standard InChI is InChI=1S/C15H17ClN2O2S.ClH/c1-20-9-12(17)15(19)18-14(13-3-2-8-21-13)10-4-6-11(16)7-5-10;/h2-8,12,14H,9,17H2,1H3,(H,18,19);1H. The van der Waals surface area contributed by atoms with Gasteiger partial charge >= 0.3 is 0 Å². The molecule has 1 aromatic carbocycles. The molecule has 0 spiro atoms. The summed E-state index contributed by atoms with van der Waals surface area (Å²) < 4.78 is 4.92. The number of methoxy groups -OCH3 is 1. The Labute approximate surface area is 145 Å². The molecule has 2 aromatic rings. The topological polar surface area (TPSA) is 64.3 Å². The fourth-order valence-electron chi connectivity index (χ4n) is 1.93. The molecule has 22 heavy (non-hydrogen) atoms. The van der Waals surface area contributed by atoms with E-state index in [1.807, 2.05) is 29.6 Å². The normalized spacial score (nSPS) is 13.0. The number of nitrogens with two attached hydrogens (primary N) is 1. The second-order valence-electron chi connectivity index (χ2n) is 4.57. The Morgan fingerprint density at radius 1 is 1.36 bits per heavy atom. The van der Waals surface area contributed by atoms with Crippen LogP contribution in [0.2, 0.25) is 5.02 Å². The van der Waals surface area contributed by atoms with Crippen LogP contribution in [0.1, 0.15) is 16.5 Å². The van der Waals surface area contributed by atoms with E-state index < -0.39 is 6.04 Å². The highest BCUT2D eigenvalue weighted by molar-refractivity contribution is 7.10. The molecule has 0 saturated carbocycles. The fourth-order valence-corrected chi connectivity index (χ4v) is 2.86. The number of halogens is 2. The largest absolute Gasteiger partial charge is 0.383 e. The molecule has 0 aliphatic heterocycles. The van der Waals surface area contributed by atoms with E-state index in [1.54, 1.807) is 23.5 Å². The lowest BCUT2D eigenvalue weighted by Gasteiger charge is -2.20. The van der Waals surface area contributed by atoms with Gasteiger partial charge in [0.1, 0.15) is 6.04 Å². The van der Waals surface area contributed by atoms with Gasteiger partial charge in [-0.25, -0.2) is 0 Å². The number of carbonyl (C=O) groups excluding carboxylic acids is 1. The van der Waals surface area contributed by atoms with Gasteiger partial charge in [0, 0.05) is 17.0 Å². The molecule has 3 N–H and O–H groups in total. The van der Waals surface area contributed by atoms with Crippen molar-refractivity contribution in [2.24, 2.45) is 5.73 Å². The summed E-state index contributed by atoms with van der Waals surface area (Å²) >= 11 is 7.49. The fraction of sp³-hybridized carbons (Fsp3) is 0.267. The highest BCUT2D eigenvalue weighted by Crippen LogP contribution is 2.27. The highest BCUT2D eigenvalue weighted by Gasteiger charge is 2.21. The maximum atomic E-state index is 12.1. The van der Waals surface area contributed by atoms with Crippen LogP contribution in [-0.4, -0.2) is 25.7 Å². The van der Waals surface area contributed by atoms with E-state index in [0.29, 0.717) is 5.02 Å². The summed E-state index contributed by atoms with van der Waals surface area (Å²) in [4.78, 5) is 13.2. The van der Waals surface area contributed by atoms with E-state index in [4.69, 9.17) is 22.1 Å². The lowest BCUT2D eigenvalue weighted by Crippen LogP contribution is -2.44. The second kappa shape index (κ2) is 9.12. The Kier molecular flexibility index (Phi) is 7.85. The van der Waals surface area contributed by atoms with Crippen LogP contribution in [0.5, 0.6) is 0 Å². The summed E-state index contributed by atoms with van der Waals surface area (Å²) in [5, 5.41) is 5.59. The number of rotatable bonds is 6. The van der Waals surface area contributed by atoms with Crippen LogP contribution in [0, 0.1) is 0 Å². The lowest BCUT2D eigenvalue weighted by molar-refractivity contribution is -0.123. The molecule has 7 heteroatoms. The average Bonchev–Trinajstić information content (AvgIpc) is 3.00. The van der Waals surface area contributed by atoms with Gasteiger partial charge in [-0.15, -0.1) is 23.7 Å². The summed E-state index contributed by atoms with van der Waals surface area (Å²) in [6.07, 6.45) is 0. The Balaban J connectivity index is 0.00000242. The Bertz CT molecular complexity index is 576. The van der Waals surface area contributed by atoms with Crippen LogP contribution >= 0.6 is 35.3 Å². The molecule has 2 unspecified atom stereocenters. The molecule has 1 amide bonds. The smallest absolute Gasteiger partial charge is 0.240 e. The van der Waals surface area contributed by atoms with E-state index in [0.717, 1.165) is 10.4 Å². The number of ether oxygens (including phenoxy) is 1. The summed E-state index contributed by atoms with van der Waals surface area (Å²) in [6, 6.07) is 10.4. The van der Waals surface area contributed by atoms with Crippen molar-refractivity contribution in [3.8, 4) is 0 Å². The third-order valence-electron chi connectivity index (χ3n) is 3.00. The number of carbonyl (C=O) groups is 1. The van der Waals surface area contributed by atoms with Gasteiger partial charge in [-0.05, 0) is 29.1 Å². The summed E-state index contributed by atoms with van der Waals surface area (Å²) in [6.45, 7) is 0.184. The summed E-state index contributed by atoms with van der Waals surface area (Å²) in [5.41, 5.74) is 6.74. The number of nitrogens with one attached hydrogen (secondary N) is 1. The van der Waals surface area contributed by atoms with Gasteiger partial charge in [0.2, 0.25) is 5.91 Å². The molecule has 1 aromatic heterocycles. The minimum Gasteiger partial charge on any atom is -0.383 e. The minimum absolute atomic E-state index is 0. The van der Waals surface area contributed by atoms with Gasteiger partial charge in [0.15, 0.2) is 0 Å². The predicted molar refractivity (Wildman–Crippen MR) is 92.9 cm³/mol. The molecule has 4 nitrogen and oxygen atoms in total. The van der Waals surface area contributed by atoms with Crippen LogP contribution in [0.3, 0.4) is 0 Å². The Morgan fingerprint density at radius 3 is 2.59 bits per heavy atom. The summed E-state index contributed by atoms with van der Waals surface area (Å²) in [7, 11) is 1.52. The van der Waals surface area contributed by atoms with Crippen molar-refractivity contribution in [3.05, 3.63) is 57.2 Å². The van der Waals surface area contributed by atoms with Crippen molar-refractivity contribution in [3.63, 3.8) is 0 Å². The first kappa shape index (κ1) is 18.9. The van der Waals surface area contributed by atoms with E-state index in [-0.39, 0.29) is 31.0 Å². The number of amides is 1. The lowest BCUT2D eigenvalue weighted by atomic mass is 10.0. The van der Waals surface area contributed by atoms with Crippen LogP contribution < -0.4 is 11.1 Å². The third-order valence-corrected chi connectivity index (χ3v) is 4.19. The van der Waals surface area contributed by atoms with Crippen molar-refractivity contribution < 1.29 is 9.53 Å². The molecular weight excluding hydrogens is 343 g/mol. The molecule has 120 valence electrons. The zero-order valence-corrected chi connectivity index (χ0v) is 14.4. The summed E-state index contributed by atoms with van der Waals surface area (Å²) in [5.74, 6) is -0.245. The molecule has 2 atom stereocenters. The maximum absolute atomic E-state index is 12.1. The number of thiophene rings is 1. The van der Waals surface area contributed by atoms with Crippen LogP contribution in [0.25, 0.3) is 0 Å². The SMILES string of the molecule is COCC(N)C(=O)NC(c1ccc(Cl)cc1)c1cccs1.Cl. The van der Waals surface area contributed by atoms with E-state index in [1.165, 1.54) is 7.11 Å². The van der Waals surface area contributed by atoms with Crippen LogP contribution in [0.15, 0.2) is 41.8 Å². The molecule has 0 aliphatic carbocycles. The van der Waals surface area contributed by atoms with Gasteiger partial charge < -0.3 is 15.8 Å². The van der Waals surface area contributed by atoms with Crippen molar-refractivity contribution in [1.29, 1.82) is 0 Å². The van der Waals surface area contributed by atoms with Crippen LogP contribution in [0.4, 0.5) is 0 Å². The molecule has 0 saturated heterocycles. The zero-order chi connectivity index (χ0) is 15.2. The molecule has 0 aliphatic rings. The number of benzene rings is 1. The Morgan fingerprint density at radius 2 is 2.05 bits per heavy atom.